The lowest BCUT2D eigenvalue weighted by Gasteiger charge is -2.18. The first-order valence-electron chi connectivity index (χ1n) is 16.6. The molecule has 0 N–H and O–H groups in total. The number of aryl methyl sites for hydroxylation is 2. The molecular weight excluding hydrogens is 615 g/mol. The van der Waals surface area contributed by atoms with Gasteiger partial charge in [0.2, 0.25) is 0 Å². The minimum Gasteiger partial charge on any atom is -0.295 e. The standard InChI is InChI=1S/C44H31N5O/c1-48-37-26-25-32(27-38(37)49(2)44(48)50)28-21-23-29(24-22-28)39-33-17-9-11-19-35(33)40(36-20-12-10-18-34(36)39)43-46-41(30-13-5-3-6-14-30)45-42(47-43)31-15-7-4-8-16-31/h3-27H,1-2H3. The van der Waals surface area contributed by atoms with Gasteiger partial charge in [0.1, 0.15) is 0 Å². The van der Waals surface area contributed by atoms with Crippen LogP contribution in [0.5, 0.6) is 0 Å². The Bertz CT molecular complexity index is 2670. The third-order valence-electron chi connectivity index (χ3n) is 9.63. The van der Waals surface area contributed by atoms with Gasteiger partial charge in [0, 0.05) is 30.8 Å². The van der Waals surface area contributed by atoms with Crippen molar-refractivity contribution >= 4 is 32.6 Å². The number of benzene rings is 7. The topological polar surface area (TPSA) is 65.6 Å². The Morgan fingerprint density at radius 3 is 1.34 bits per heavy atom. The van der Waals surface area contributed by atoms with Crippen LogP contribution in [0.1, 0.15) is 0 Å². The lowest BCUT2D eigenvalue weighted by atomic mass is 9.87. The number of hydrogen-bond donors (Lipinski definition) is 0. The normalized spacial score (nSPS) is 11.5. The van der Waals surface area contributed by atoms with E-state index in [1.54, 1.807) is 9.13 Å². The summed E-state index contributed by atoms with van der Waals surface area (Å²) in [7, 11) is 3.63. The van der Waals surface area contributed by atoms with E-state index in [4.69, 9.17) is 15.0 Å². The van der Waals surface area contributed by atoms with Crippen LogP contribution in [-0.2, 0) is 14.1 Å². The second kappa shape index (κ2) is 11.8. The number of fused-ring (bicyclic) bond motifs is 3. The van der Waals surface area contributed by atoms with Crippen LogP contribution in [0.15, 0.2) is 156 Å². The summed E-state index contributed by atoms with van der Waals surface area (Å²) in [6.07, 6.45) is 0. The quantitative estimate of drug-likeness (QED) is 0.175. The average Bonchev–Trinajstić information content (AvgIpc) is 3.40. The molecule has 50 heavy (non-hydrogen) atoms. The van der Waals surface area contributed by atoms with E-state index < -0.39 is 0 Å². The first-order valence-corrected chi connectivity index (χ1v) is 16.6. The van der Waals surface area contributed by atoms with Crippen molar-refractivity contribution in [3.05, 3.63) is 162 Å². The highest BCUT2D eigenvalue weighted by Crippen LogP contribution is 2.43. The Morgan fingerprint density at radius 1 is 0.380 bits per heavy atom. The highest BCUT2D eigenvalue weighted by atomic mass is 16.1. The molecule has 0 fully saturated rings. The Kier molecular flexibility index (Phi) is 6.95. The maximum absolute atomic E-state index is 12.5. The molecule has 0 aliphatic heterocycles. The summed E-state index contributed by atoms with van der Waals surface area (Å²) >= 11 is 0. The van der Waals surface area contributed by atoms with Crippen LogP contribution in [0, 0.1) is 0 Å². The molecule has 0 unspecified atom stereocenters. The first-order chi connectivity index (χ1) is 24.5. The molecule has 9 aromatic rings. The molecule has 9 rings (SSSR count). The fourth-order valence-electron chi connectivity index (χ4n) is 7.12. The molecule has 0 spiro atoms. The Morgan fingerprint density at radius 2 is 0.800 bits per heavy atom. The van der Waals surface area contributed by atoms with Crippen molar-refractivity contribution in [2.24, 2.45) is 14.1 Å². The van der Waals surface area contributed by atoms with Crippen LogP contribution in [0.3, 0.4) is 0 Å². The monoisotopic (exact) mass is 645 g/mol. The Balaban J connectivity index is 1.24. The summed E-state index contributed by atoms with van der Waals surface area (Å²) in [6.45, 7) is 0. The van der Waals surface area contributed by atoms with E-state index in [9.17, 15) is 4.79 Å². The van der Waals surface area contributed by atoms with E-state index in [0.29, 0.717) is 17.5 Å². The molecule has 238 valence electrons. The van der Waals surface area contributed by atoms with E-state index in [2.05, 4.69) is 84.9 Å². The number of hydrogen-bond acceptors (Lipinski definition) is 4. The Labute approximate surface area is 288 Å². The van der Waals surface area contributed by atoms with Crippen LogP contribution < -0.4 is 5.69 Å². The Hall–Kier alpha value is -6.66. The van der Waals surface area contributed by atoms with Crippen molar-refractivity contribution in [3.63, 3.8) is 0 Å². The van der Waals surface area contributed by atoms with Crippen molar-refractivity contribution in [2.75, 3.05) is 0 Å². The highest BCUT2D eigenvalue weighted by molar-refractivity contribution is 6.20. The minimum atomic E-state index is -0.0283. The maximum atomic E-state index is 12.5. The third-order valence-corrected chi connectivity index (χ3v) is 9.63. The van der Waals surface area contributed by atoms with Crippen LogP contribution in [0.2, 0.25) is 0 Å². The molecule has 2 aromatic heterocycles. The summed E-state index contributed by atoms with van der Waals surface area (Å²) in [5.74, 6) is 1.91. The molecule has 2 heterocycles. The second-order valence-electron chi connectivity index (χ2n) is 12.6. The molecular formula is C44H31N5O. The lowest BCUT2D eigenvalue weighted by Crippen LogP contribution is -2.19. The van der Waals surface area contributed by atoms with E-state index in [-0.39, 0.29) is 5.69 Å². The van der Waals surface area contributed by atoms with Gasteiger partial charge in [-0.25, -0.2) is 19.7 Å². The van der Waals surface area contributed by atoms with Gasteiger partial charge in [-0.3, -0.25) is 9.13 Å². The zero-order chi connectivity index (χ0) is 33.8. The van der Waals surface area contributed by atoms with E-state index in [1.165, 1.54) is 0 Å². The van der Waals surface area contributed by atoms with E-state index in [0.717, 1.165) is 71.5 Å². The van der Waals surface area contributed by atoms with Crippen molar-refractivity contribution < 1.29 is 0 Å². The summed E-state index contributed by atoms with van der Waals surface area (Å²) in [5.41, 5.74) is 9.09. The fraction of sp³-hybridized carbons (Fsp3) is 0.0455. The summed E-state index contributed by atoms with van der Waals surface area (Å²) in [4.78, 5) is 27.8. The number of rotatable bonds is 5. The molecule has 6 heteroatoms. The van der Waals surface area contributed by atoms with Gasteiger partial charge in [-0.05, 0) is 55.9 Å². The smallest absolute Gasteiger partial charge is 0.295 e. The predicted molar refractivity (Wildman–Crippen MR) is 204 cm³/mol. The number of aromatic nitrogens is 5. The van der Waals surface area contributed by atoms with Gasteiger partial charge in [0.25, 0.3) is 0 Å². The lowest BCUT2D eigenvalue weighted by molar-refractivity contribution is 0.795. The molecule has 0 atom stereocenters. The largest absolute Gasteiger partial charge is 0.328 e. The third kappa shape index (κ3) is 4.80. The van der Waals surface area contributed by atoms with Gasteiger partial charge in [0.15, 0.2) is 17.5 Å². The summed E-state index contributed by atoms with van der Waals surface area (Å²) in [6, 6.07) is 52.2. The SMILES string of the molecule is Cn1c(=O)n(C)c2cc(-c3ccc(-c4c5ccccc5c(-c5nc(-c6ccccc6)nc(-c6ccccc6)n5)c5ccccc45)cc3)ccc21. The fourth-order valence-corrected chi connectivity index (χ4v) is 7.12. The van der Waals surface area contributed by atoms with E-state index >= 15 is 0 Å². The van der Waals surface area contributed by atoms with Crippen molar-refractivity contribution in [3.8, 4) is 56.4 Å². The molecule has 0 bridgehead atoms. The van der Waals surface area contributed by atoms with Crippen molar-refractivity contribution in [2.45, 2.75) is 0 Å². The highest BCUT2D eigenvalue weighted by Gasteiger charge is 2.20. The molecule has 0 saturated carbocycles. The molecule has 6 nitrogen and oxygen atoms in total. The predicted octanol–water partition coefficient (Wildman–Crippen LogP) is 9.70. The molecule has 0 saturated heterocycles. The molecule has 0 aliphatic rings. The van der Waals surface area contributed by atoms with E-state index in [1.807, 2.05) is 80.8 Å². The van der Waals surface area contributed by atoms with Crippen LogP contribution in [0.25, 0.3) is 89.0 Å². The molecule has 7 aromatic carbocycles. The van der Waals surface area contributed by atoms with Gasteiger partial charge in [-0.2, -0.15) is 0 Å². The minimum absolute atomic E-state index is 0.0283. The molecule has 0 amide bonds. The van der Waals surface area contributed by atoms with Crippen molar-refractivity contribution in [1.82, 2.24) is 24.1 Å². The van der Waals surface area contributed by atoms with Gasteiger partial charge in [-0.1, -0.05) is 140 Å². The molecule has 0 radical (unpaired) electrons. The van der Waals surface area contributed by atoms with Crippen molar-refractivity contribution in [1.29, 1.82) is 0 Å². The number of imidazole rings is 1. The first kappa shape index (κ1) is 29.5. The zero-order valence-corrected chi connectivity index (χ0v) is 27.6. The summed E-state index contributed by atoms with van der Waals surface area (Å²) < 4.78 is 3.38. The van der Waals surface area contributed by atoms with Gasteiger partial charge in [-0.15, -0.1) is 0 Å². The number of nitrogens with zero attached hydrogens (tertiary/aromatic N) is 5. The molecule has 0 aliphatic carbocycles. The van der Waals surface area contributed by atoms with Crippen LogP contribution in [0.4, 0.5) is 0 Å². The van der Waals surface area contributed by atoms with Gasteiger partial charge < -0.3 is 0 Å². The van der Waals surface area contributed by atoms with Crippen LogP contribution >= 0.6 is 0 Å². The zero-order valence-electron chi connectivity index (χ0n) is 27.6. The average molecular weight is 646 g/mol. The maximum Gasteiger partial charge on any atom is 0.328 e. The van der Waals surface area contributed by atoms with Gasteiger partial charge in [0.05, 0.1) is 11.0 Å². The van der Waals surface area contributed by atoms with Crippen LogP contribution in [-0.4, -0.2) is 24.1 Å². The summed E-state index contributed by atoms with van der Waals surface area (Å²) in [5, 5.41) is 4.39. The van der Waals surface area contributed by atoms with Gasteiger partial charge >= 0.3 is 5.69 Å². The second-order valence-corrected chi connectivity index (χ2v) is 12.6.